The average molecular weight is 617 g/mol. The Morgan fingerprint density at radius 1 is 1.03 bits per heavy atom. The summed E-state index contributed by atoms with van der Waals surface area (Å²) in [6.07, 6.45) is -7.97. The monoisotopic (exact) mass is 616 g/mol. The van der Waals surface area contributed by atoms with Gasteiger partial charge in [-0.15, -0.1) is 11.3 Å². The number of thiophene rings is 1. The van der Waals surface area contributed by atoms with Gasteiger partial charge in [0.25, 0.3) is 5.91 Å². The second-order valence-electron chi connectivity index (χ2n) is 9.67. The lowest BCUT2D eigenvalue weighted by Crippen LogP contribution is -2.57. The van der Waals surface area contributed by atoms with E-state index in [0.717, 1.165) is 27.8 Å². The Labute approximate surface area is 226 Å². The number of rotatable bonds is 7. The number of hydrogen-bond donors (Lipinski definition) is 1. The number of alkyl halides is 3. The number of piperidine rings is 1. The van der Waals surface area contributed by atoms with E-state index >= 15 is 4.39 Å². The zero-order valence-corrected chi connectivity index (χ0v) is 22.7. The minimum Gasteiger partial charge on any atom is -0.367 e. The highest BCUT2D eigenvalue weighted by Crippen LogP contribution is 2.51. The van der Waals surface area contributed by atoms with Gasteiger partial charge >= 0.3 is 16.3 Å². The molecule has 4 rings (SSSR count). The SMILES string of the molecule is NC(=O)C1(OS(=O)(=O)c2cccs2)CCC(c2cc(F)ccc2F)(S(=O)(=O)N2CCC(C(F)(F)F)CC2)CC1. The summed E-state index contributed by atoms with van der Waals surface area (Å²) in [5.74, 6) is -4.95. The highest BCUT2D eigenvalue weighted by atomic mass is 32.3. The van der Waals surface area contributed by atoms with Crippen molar-refractivity contribution < 1.29 is 47.8 Å². The van der Waals surface area contributed by atoms with Crippen LogP contribution in [0, 0.1) is 17.6 Å². The van der Waals surface area contributed by atoms with E-state index in [0.29, 0.717) is 6.07 Å². The Kier molecular flexibility index (Phi) is 7.92. The molecule has 39 heavy (non-hydrogen) atoms. The second-order valence-corrected chi connectivity index (χ2v) is 14.6. The van der Waals surface area contributed by atoms with Gasteiger partial charge in [-0.1, -0.05) is 6.07 Å². The van der Waals surface area contributed by atoms with Gasteiger partial charge in [0.1, 0.15) is 20.6 Å². The topological polar surface area (TPSA) is 124 Å². The van der Waals surface area contributed by atoms with Gasteiger partial charge in [0.15, 0.2) is 5.60 Å². The van der Waals surface area contributed by atoms with Crippen molar-refractivity contribution in [3.63, 3.8) is 0 Å². The molecule has 0 spiro atoms. The molecule has 2 heterocycles. The number of primary amides is 1. The minimum absolute atomic E-state index is 0.226. The van der Waals surface area contributed by atoms with Crippen LogP contribution in [0.15, 0.2) is 39.9 Å². The van der Waals surface area contributed by atoms with Crippen LogP contribution in [0.2, 0.25) is 0 Å². The summed E-state index contributed by atoms with van der Waals surface area (Å²) in [7, 11) is -9.16. The lowest BCUT2D eigenvalue weighted by atomic mass is 9.75. The summed E-state index contributed by atoms with van der Waals surface area (Å²) in [6.45, 7) is -1.01. The predicted molar refractivity (Wildman–Crippen MR) is 130 cm³/mol. The Morgan fingerprint density at radius 3 is 2.15 bits per heavy atom. The molecule has 16 heteroatoms. The van der Waals surface area contributed by atoms with Crippen LogP contribution in [0.1, 0.15) is 44.1 Å². The van der Waals surface area contributed by atoms with Crippen molar-refractivity contribution in [2.45, 2.75) is 59.3 Å². The molecule has 0 bridgehead atoms. The molecular weight excluding hydrogens is 591 g/mol. The molecule has 2 fully saturated rings. The number of benzene rings is 1. The number of halogens is 5. The Balaban J connectivity index is 1.73. The number of amides is 1. The van der Waals surface area contributed by atoms with Crippen molar-refractivity contribution in [2.75, 3.05) is 13.1 Å². The zero-order chi connectivity index (χ0) is 28.9. The Bertz CT molecular complexity index is 1430. The summed E-state index contributed by atoms with van der Waals surface area (Å²) in [5.41, 5.74) is 2.77. The third kappa shape index (κ3) is 5.45. The predicted octanol–water partition coefficient (Wildman–Crippen LogP) is 4.03. The van der Waals surface area contributed by atoms with Crippen LogP contribution in [0.4, 0.5) is 22.0 Å². The summed E-state index contributed by atoms with van der Waals surface area (Å²) < 4.78 is 126. The van der Waals surface area contributed by atoms with Crippen molar-refractivity contribution in [2.24, 2.45) is 11.7 Å². The maximum Gasteiger partial charge on any atom is 0.391 e. The molecule has 0 unspecified atom stereocenters. The first-order chi connectivity index (χ1) is 18.0. The molecular formula is C23H25F5N2O6S3. The van der Waals surface area contributed by atoms with E-state index in [-0.39, 0.29) is 4.21 Å². The summed E-state index contributed by atoms with van der Waals surface area (Å²) in [4.78, 5) is 12.5. The fraction of sp³-hybridized carbons (Fsp3) is 0.522. The fourth-order valence-corrected chi connectivity index (χ4v) is 9.79. The molecule has 1 saturated heterocycles. The number of nitrogens with two attached hydrogens (primary N) is 1. The molecule has 1 amide bonds. The van der Waals surface area contributed by atoms with Gasteiger partial charge in [0.05, 0.1) is 5.92 Å². The van der Waals surface area contributed by atoms with Crippen LogP contribution in [-0.4, -0.2) is 51.9 Å². The summed E-state index contributed by atoms with van der Waals surface area (Å²) in [5, 5.41) is 1.46. The van der Waals surface area contributed by atoms with Crippen LogP contribution < -0.4 is 5.73 Å². The molecule has 1 aliphatic carbocycles. The van der Waals surface area contributed by atoms with E-state index in [1.54, 1.807) is 0 Å². The lowest BCUT2D eigenvalue weighted by molar-refractivity contribution is -0.182. The average Bonchev–Trinajstić information content (AvgIpc) is 3.42. The lowest BCUT2D eigenvalue weighted by Gasteiger charge is -2.46. The fourth-order valence-electron chi connectivity index (χ4n) is 5.27. The highest BCUT2D eigenvalue weighted by molar-refractivity contribution is 7.90. The molecule has 2 aliphatic rings. The van der Waals surface area contributed by atoms with Crippen LogP contribution in [0.5, 0.6) is 0 Å². The Morgan fingerprint density at radius 2 is 1.64 bits per heavy atom. The quantitative estimate of drug-likeness (QED) is 0.370. The van der Waals surface area contributed by atoms with Gasteiger partial charge < -0.3 is 5.73 Å². The van der Waals surface area contributed by atoms with Gasteiger partial charge in [-0.2, -0.15) is 21.6 Å². The maximum absolute atomic E-state index is 15.1. The molecule has 2 aromatic rings. The highest BCUT2D eigenvalue weighted by Gasteiger charge is 2.58. The standard InChI is InChI=1S/C23H25F5N2O6S3/c24-16-3-4-18(25)17(14-16)22(39(34,35)30-11-5-15(6-12-30)23(26,27)28)9-7-21(8-10-22,20(29)31)36-38(32,33)19-2-1-13-37-19/h1-4,13-15H,5-12H2,(H2,29,31). The zero-order valence-electron chi connectivity index (χ0n) is 20.3. The molecule has 0 radical (unpaired) electrons. The van der Waals surface area contributed by atoms with Crippen molar-refractivity contribution in [1.82, 2.24) is 4.31 Å². The number of carbonyl (C=O) groups is 1. The van der Waals surface area contributed by atoms with Gasteiger partial charge in [0, 0.05) is 18.7 Å². The van der Waals surface area contributed by atoms with Crippen molar-refractivity contribution in [1.29, 1.82) is 0 Å². The third-order valence-corrected chi connectivity index (χ3v) is 12.9. The molecule has 1 aromatic heterocycles. The molecule has 1 aromatic carbocycles. The largest absolute Gasteiger partial charge is 0.391 e. The molecule has 1 saturated carbocycles. The van der Waals surface area contributed by atoms with Gasteiger partial charge in [-0.3, -0.25) is 4.79 Å². The van der Waals surface area contributed by atoms with E-state index in [1.165, 1.54) is 17.5 Å². The number of carbonyl (C=O) groups excluding carboxylic acids is 1. The van der Waals surface area contributed by atoms with Gasteiger partial charge in [-0.05, 0) is 68.2 Å². The molecule has 1 aliphatic heterocycles. The van der Waals surface area contributed by atoms with Crippen LogP contribution >= 0.6 is 11.3 Å². The molecule has 2 N–H and O–H groups in total. The van der Waals surface area contributed by atoms with E-state index < -0.39 is 117 Å². The third-order valence-electron chi connectivity index (χ3n) is 7.49. The summed E-state index contributed by atoms with van der Waals surface area (Å²) in [6, 6.07) is 4.87. The number of hydrogen-bond acceptors (Lipinski definition) is 7. The number of sulfonamides is 1. The van der Waals surface area contributed by atoms with Gasteiger partial charge in [-0.25, -0.2) is 25.7 Å². The van der Waals surface area contributed by atoms with Crippen LogP contribution in [0.25, 0.3) is 0 Å². The van der Waals surface area contributed by atoms with Crippen molar-refractivity contribution in [3.8, 4) is 0 Å². The Hall–Kier alpha value is -2.14. The minimum atomic E-state index is -4.67. The molecule has 216 valence electrons. The van der Waals surface area contributed by atoms with E-state index in [2.05, 4.69) is 0 Å². The summed E-state index contributed by atoms with van der Waals surface area (Å²) >= 11 is 0.815. The normalized spacial score (nSPS) is 26.0. The van der Waals surface area contributed by atoms with Crippen molar-refractivity contribution >= 4 is 37.4 Å². The van der Waals surface area contributed by atoms with E-state index in [4.69, 9.17) is 9.92 Å². The second kappa shape index (κ2) is 10.4. The maximum atomic E-state index is 15.1. The van der Waals surface area contributed by atoms with Crippen LogP contribution in [-0.2, 0) is 33.9 Å². The van der Waals surface area contributed by atoms with Crippen LogP contribution in [0.3, 0.4) is 0 Å². The van der Waals surface area contributed by atoms with Crippen molar-refractivity contribution in [3.05, 3.63) is 52.9 Å². The molecule has 8 nitrogen and oxygen atoms in total. The smallest absolute Gasteiger partial charge is 0.367 e. The van der Waals surface area contributed by atoms with E-state index in [1.807, 2.05) is 0 Å². The first-order valence-corrected chi connectivity index (χ1v) is 15.6. The van der Waals surface area contributed by atoms with Gasteiger partial charge in [0.2, 0.25) is 10.0 Å². The van der Waals surface area contributed by atoms with E-state index in [9.17, 15) is 39.2 Å². The number of nitrogens with zero attached hydrogens (tertiary/aromatic N) is 1. The first kappa shape index (κ1) is 29.8. The first-order valence-electron chi connectivity index (χ1n) is 11.9. The molecule has 0 atom stereocenters.